The summed E-state index contributed by atoms with van der Waals surface area (Å²) < 4.78 is 22.1. The van der Waals surface area contributed by atoms with Gasteiger partial charge in [-0.3, -0.25) is 4.79 Å². The number of benzene rings is 1. The zero-order valence-corrected chi connectivity index (χ0v) is 17.3. The molecule has 1 amide bonds. The van der Waals surface area contributed by atoms with Crippen LogP contribution in [0.15, 0.2) is 12.1 Å². The lowest BCUT2D eigenvalue weighted by Gasteiger charge is -2.23. The molecule has 0 aliphatic rings. The van der Waals surface area contributed by atoms with Crippen molar-refractivity contribution in [3.8, 4) is 17.2 Å². The van der Waals surface area contributed by atoms with Gasteiger partial charge in [-0.15, -0.1) is 0 Å². The normalized spacial score (nSPS) is 12.1. The Bertz CT molecular complexity index is 623. The molecule has 7 heteroatoms. The van der Waals surface area contributed by atoms with Gasteiger partial charge in [-0.1, -0.05) is 0 Å². The Morgan fingerprint density at radius 2 is 1.44 bits per heavy atom. The van der Waals surface area contributed by atoms with Gasteiger partial charge < -0.3 is 24.3 Å². The van der Waals surface area contributed by atoms with Crippen LogP contribution in [0.25, 0.3) is 0 Å². The van der Waals surface area contributed by atoms with Crippen molar-refractivity contribution in [1.29, 1.82) is 0 Å². The van der Waals surface area contributed by atoms with Gasteiger partial charge in [0, 0.05) is 5.54 Å². The molecule has 0 heterocycles. The third-order valence-electron chi connectivity index (χ3n) is 3.30. The number of ether oxygens (including phenoxy) is 4. The van der Waals surface area contributed by atoms with E-state index in [-0.39, 0.29) is 11.5 Å². The van der Waals surface area contributed by atoms with Crippen molar-refractivity contribution in [3.63, 3.8) is 0 Å². The van der Waals surface area contributed by atoms with Crippen molar-refractivity contribution < 1.29 is 28.5 Å². The quantitative estimate of drug-likeness (QED) is 0.661. The SMILES string of the molecule is CCOc1cc(C(=O)OC(C)C(=O)NC(C)(C)C)cc(OCC)c1OCC. The van der Waals surface area contributed by atoms with Gasteiger partial charge in [0.15, 0.2) is 17.6 Å². The minimum Gasteiger partial charge on any atom is -0.490 e. The van der Waals surface area contributed by atoms with Crippen LogP contribution in [0, 0.1) is 0 Å². The van der Waals surface area contributed by atoms with Crippen LogP contribution in [0.3, 0.4) is 0 Å². The highest BCUT2D eigenvalue weighted by molar-refractivity contribution is 5.93. The standard InChI is InChI=1S/C20H31NO6/c1-8-24-15-11-14(12-16(25-9-2)17(15)26-10-3)19(23)27-13(4)18(22)21-20(5,6)7/h11-13H,8-10H2,1-7H3,(H,21,22). The Morgan fingerprint density at radius 1 is 0.963 bits per heavy atom. The van der Waals surface area contributed by atoms with Crippen LogP contribution in [0.5, 0.6) is 17.2 Å². The molecule has 0 saturated heterocycles. The summed E-state index contributed by atoms with van der Waals surface area (Å²) >= 11 is 0. The minimum atomic E-state index is -0.936. The molecule has 0 bridgehead atoms. The second-order valence-corrected chi connectivity index (χ2v) is 6.89. The summed E-state index contributed by atoms with van der Waals surface area (Å²) in [5.41, 5.74) is -0.193. The molecule has 0 radical (unpaired) electrons. The Balaban J connectivity index is 3.09. The van der Waals surface area contributed by atoms with E-state index in [4.69, 9.17) is 18.9 Å². The van der Waals surface area contributed by atoms with Gasteiger partial charge in [-0.05, 0) is 60.6 Å². The molecule has 0 saturated carbocycles. The third-order valence-corrected chi connectivity index (χ3v) is 3.30. The van der Waals surface area contributed by atoms with Crippen LogP contribution < -0.4 is 19.5 Å². The molecule has 0 spiro atoms. The third kappa shape index (κ3) is 7.00. The Labute approximate surface area is 161 Å². The maximum atomic E-state index is 12.6. The summed E-state index contributed by atoms with van der Waals surface area (Å²) in [6, 6.07) is 3.07. The first-order valence-electron chi connectivity index (χ1n) is 9.22. The average molecular weight is 381 g/mol. The number of hydrogen-bond acceptors (Lipinski definition) is 6. The van der Waals surface area contributed by atoms with E-state index >= 15 is 0 Å². The molecule has 1 aromatic carbocycles. The number of carbonyl (C=O) groups excluding carboxylic acids is 2. The molecular weight excluding hydrogens is 350 g/mol. The number of rotatable bonds is 9. The molecule has 27 heavy (non-hydrogen) atoms. The monoisotopic (exact) mass is 381 g/mol. The lowest BCUT2D eigenvalue weighted by molar-refractivity contribution is -0.130. The highest BCUT2D eigenvalue weighted by Crippen LogP contribution is 2.39. The van der Waals surface area contributed by atoms with Gasteiger partial charge >= 0.3 is 5.97 Å². The van der Waals surface area contributed by atoms with Crippen molar-refractivity contribution in [3.05, 3.63) is 17.7 Å². The molecule has 0 aliphatic heterocycles. The minimum absolute atomic E-state index is 0.223. The topological polar surface area (TPSA) is 83.1 Å². The molecule has 0 aromatic heterocycles. The molecule has 1 N–H and O–H groups in total. The Kier molecular flexibility index (Phi) is 8.40. The van der Waals surface area contributed by atoms with E-state index in [2.05, 4.69) is 5.32 Å². The van der Waals surface area contributed by atoms with Crippen molar-refractivity contribution in [2.24, 2.45) is 0 Å². The lowest BCUT2D eigenvalue weighted by atomic mass is 10.1. The van der Waals surface area contributed by atoms with Crippen LogP contribution in [0.2, 0.25) is 0 Å². The molecule has 0 aliphatic carbocycles. The van der Waals surface area contributed by atoms with E-state index in [0.717, 1.165) is 0 Å². The van der Waals surface area contributed by atoms with Crippen LogP contribution >= 0.6 is 0 Å². The van der Waals surface area contributed by atoms with Gasteiger partial charge in [0.2, 0.25) is 5.75 Å². The van der Waals surface area contributed by atoms with Crippen molar-refractivity contribution in [1.82, 2.24) is 5.32 Å². The summed E-state index contributed by atoms with van der Waals surface area (Å²) in [5, 5.41) is 2.78. The first kappa shape index (κ1) is 22.6. The molecule has 152 valence electrons. The summed E-state index contributed by atoms with van der Waals surface area (Å²) in [7, 11) is 0. The fourth-order valence-electron chi connectivity index (χ4n) is 2.26. The molecule has 7 nitrogen and oxygen atoms in total. The molecular formula is C20H31NO6. The maximum Gasteiger partial charge on any atom is 0.339 e. The van der Waals surface area contributed by atoms with Crippen LogP contribution in [0.1, 0.15) is 58.8 Å². The van der Waals surface area contributed by atoms with E-state index in [1.807, 2.05) is 41.5 Å². The highest BCUT2D eigenvalue weighted by Gasteiger charge is 2.25. The number of hydrogen-bond donors (Lipinski definition) is 1. The molecule has 0 fully saturated rings. The summed E-state index contributed by atoms with van der Waals surface area (Å²) in [6.45, 7) is 13.8. The predicted octanol–water partition coefficient (Wildman–Crippen LogP) is 3.34. The fourth-order valence-corrected chi connectivity index (χ4v) is 2.26. The number of nitrogens with one attached hydrogen (secondary N) is 1. The largest absolute Gasteiger partial charge is 0.490 e. The van der Waals surface area contributed by atoms with Crippen LogP contribution in [-0.2, 0) is 9.53 Å². The molecule has 1 rings (SSSR count). The van der Waals surface area contributed by atoms with E-state index in [1.54, 1.807) is 0 Å². The van der Waals surface area contributed by atoms with Crippen molar-refractivity contribution in [2.45, 2.75) is 60.1 Å². The Morgan fingerprint density at radius 3 is 1.85 bits per heavy atom. The number of amides is 1. The van der Waals surface area contributed by atoms with Gasteiger partial charge in [-0.25, -0.2) is 4.79 Å². The smallest absolute Gasteiger partial charge is 0.339 e. The molecule has 1 aromatic rings. The molecule has 1 unspecified atom stereocenters. The first-order valence-corrected chi connectivity index (χ1v) is 9.22. The number of carbonyl (C=O) groups is 2. The van der Waals surface area contributed by atoms with Gasteiger partial charge in [0.1, 0.15) is 0 Å². The van der Waals surface area contributed by atoms with E-state index < -0.39 is 17.6 Å². The Hall–Kier alpha value is -2.44. The predicted molar refractivity (Wildman–Crippen MR) is 103 cm³/mol. The van der Waals surface area contributed by atoms with E-state index in [9.17, 15) is 9.59 Å². The van der Waals surface area contributed by atoms with E-state index in [1.165, 1.54) is 19.1 Å². The van der Waals surface area contributed by atoms with Gasteiger partial charge in [0.05, 0.1) is 25.4 Å². The second-order valence-electron chi connectivity index (χ2n) is 6.89. The fraction of sp³-hybridized carbons (Fsp3) is 0.600. The van der Waals surface area contributed by atoms with Crippen LogP contribution in [-0.4, -0.2) is 43.3 Å². The highest BCUT2D eigenvalue weighted by atomic mass is 16.6. The van der Waals surface area contributed by atoms with Crippen LogP contribution in [0.4, 0.5) is 0 Å². The van der Waals surface area contributed by atoms with Crippen molar-refractivity contribution in [2.75, 3.05) is 19.8 Å². The van der Waals surface area contributed by atoms with E-state index in [0.29, 0.717) is 37.1 Å². The zero-order chi connectivity index (χ0) is 20.6. The van der Waals surface area contributed by atoms with Gasteiger partial charge in [0.25, 0.3) is 5.91 Å². The first-order chi connectivity index (χ1) is 12.6. The maximum absolute atomic E-state index is 12.6. The van der Waals surface area contributed by atoms with Gasteiger partial charge in [-0.2, -0.15) is 0 Å². The molecule has 1 atom stereocenters. The number of esters is 1. The second kappa shape index (κ2) is 10.0. The van der Waals surface area contributed by atoms with Crippen molar-refractivity contribution >= 4 is 11.9 Å². The average Bonchev–Trinajstić information content (AvgIpc) is 2.56. The lowest BCUT2D eigenvalue weighted by Crippen LogP contribution is -2.46. The zero-order valence-electron chi connectivity index (χ0n) is 17.3. The summed E-state index contributed by atoms with van der Waals surface area (Å²) in [4.78, 5) is 24.7. The summed E-state index contributed by atoms with van der Waals surface area (Å²) in [5.74, 6) is 0.220. The summed E-state index contributed by atoms with van der Waals surface area (Å²) in [6.07, 6.45) is -0.936.